The van der Waals surface area contributed by atoms with Gasteiger partial charge in [0.25, 0.3) is 0 Å². The number of fused-ring (bicyclic) bond motifs is 1. The molecule has 1 aromatic carbocycles. The Bertz CT molecular complexity index is 1150. The molecule has 8 nitrogen and oxygen atoms in total. The number of primary amides is 1. The number of amides is 2. The lowest BCUT2D eigenvalue weighted by Gasteiger charge is -2.40. The van der Waals surface area contributed by atoms with Crippen LogP contribution in [0.3, 0.4) is 0 Å². The van der Waals surface area contributed by atoms with Gasteiger partial charge in [0.1, 0.15) is 11.5 Å². The zero-order valence-electron chi connectivity index (χ0n) is 17.5. The number of nitrogens with zero attached hydrogens (tertiary/aromatic N) is 3. The van der Waals surface area contributed by atoms with Crippen LogP contribution in [-0.4, -0.2) is 40.7 Å². The third-order valence-electron chi connectivity index (χ3n) is 5.57. The zero-order valence-corrected chi connectivity index (χ0v) is 17.5. The standard InChI is InChI=1S/C21H24F2N6O2/c1-10-6-11(2)25-19(10)29-5-4-12(26-21(24)30)7-17(29)18-20(31-3)28-16-9-14(23)13(22)8-15(16)27-18/h6,8-9,12,17,25H,4-5,7H2,1-3H3,(H3,24,26,30). The van der Waals surface area contributed by atoms with Crippen molar-refractivity contribution in [3.63, 3.8) is 0 Å². The van der Waals surface area contributed by atoms with E-state index < -0.39 is 17.7 Å². The number of ether oxygens (including phenoxy) is 1. The Morgan fingerprint density at radius 2 is 1.90 bits per heavy atom. The maximum absolute atomic E-state index is 13.9. The largest absolute Gasteiger partial charge is 0.480 e. The highest BCUT2D eigenvalue weighted by Gasteiger charge is 2.35. The summed E-state index contributed by atoms with van der Waals surface area (Å²) in [4.78, 5) is 25.9. The topological polar surface area (TPSA) is 109 Å². The van der Waals surface area contributed by atoms with Gasteiger partial charge >= 0.3 is 6.03 Å². The monoisotopic (exact) mass is 430 g/mol. The van der Waals surface area contributed by atoms with Crippen molar-refractivity contribution in [2.75, 3.05) is 18.6 Å². The number of anilines is 1. The van der Waals surface area contributed by atoms with Crippen molar-refractivity contribution >= 4 is 22.9 Å². The lowest BCUT2D eigenvalue weighted by Crippen LogP contribution is -2.48. The highest BCUT2D eigenvalue weighted by Crippen LogP contribution is 2.39. The maximum Gasteiger partial charge on any atom is 0.312 e. The number of piperidine rings is 1. The van der Waals surface area contributed by atoms with Crippen LogP contribution in [-0.2, 0) is 0 Å². The molecule has 0 bridgehead atoms. The van der Waals surface area contributed by atoms with Crippen LogP contribution in [0.1, 0.15) is 35.8 Å². The van der Waals surface area contributed by atoms with Crippen LogP contribution in [0.5, 0.6) is 5.88 Å². The fourth-order valence-electron chi connectivity index (χ4n) is 4.25. The number of aromatic nitrogens is 3. The molecule has 0 aliphatic carbocycles. The fourth-order valence-corrected chi connectivity index (χ4v) is 4.25. The van der Waals surface area contributed by atoms with E-state index in [4.69, 9.17) is 10.5 Å². The number of carbonyl (C=O) groups excluding carboxylic acids is 1. The van der Waals surface area contributed by atoms with Crippen LogP contribution in [0, 0.1) is 25.5 Å². The normalized spacial score (nSPS) is 18.9. The summed E-state index contributed by atoms with van der Waals surface area (Å²) in [5.74, 6) is -0.856. The average molecular weight is 430 g/mol. The van der Waals surface area contributed by atoms with Gasteiger partial charge in [-0.3, -0.25) is 0 Å². The number of aryl methyl sites for hydroxylation is 2. The molecule has 31 heavy (non-hydrogen) atoms. The number of aromatic amines is 1. The first-order valence-corrected chi connectivity index (χ1v) is 9.96. The summed E-state index contributed by atoms with van der Waals surface area (Å²) in [7, 11) is 1.45. The molecule has 2 amide bonds. The van der Waals surface area contributed by atoms with E-state index in [2.05, 4.69) is 25.2 Å². The van der Waals surface area contributed by atoms with E-state index in [-0.39, 0.29) is 29.0 Å². The van der Waals surface area contributed by atoms with Gasteiger partial charge in [-0.25, -0.2) is 23.5 Å². The molecule has 2 unspecified atom stereocenters. The van der Waals surface area contributed by atoms with Crippen LogP contribution >= 0.6 is 0 Å². The van der Waals surface area contributed by atoms with Crippen molar-refractivity contribution in [1.82, 2.24) is 20.3 Å². The summed E-state index contributed by atoms with van der Waals surface area (Å²) >= 11 is 0. The van der Waals surface area contributed by atoms with Crippen LogP contribution in [0.4, 0.5) is 19.4 Å². The maximum atomic E-state index is 13.9. The number of benzene rings is 1. The molecule has 2 atom stereocenters. The number of nitrogens with two attached hydrogens (primary N) is 1. The van der Waals surface area contributed by atoms with E-state index in [0.29, 0.717) is 25.1 Å². The summed E-state index contributed by atoms with van der Waals surface area (Å²) in [5, 5.41) is 2.77. The van der Waals surface area contributed by atoms with Gasteiger partial charge in [0.15, 0.2) is 11.6 Å². The summed E-state index contributed by atoms with van der Waals surface area (Å²) in [6.07, 6.45) is 1.17. The number of halogens is 2. The fraction of sp³-hybridized carbons (Fsp3) is 0.381. The van der Waals surface area contributed by atoms with Gasteiger partial charge in [0.2, 0.25) is 5.88 Å². The van der Waals surface area contributed by atoms with Gasteiger partial charge in [-0.2, -0.15) is 0 Å². The first-order valence-electron chi connectivity index (χ1n) is 9.96. The molecule has 1 aliphatic heterocycles. The van der Waals surface area contributed by atoms with Crippen LogP contribution < -0.4 is 20.7 Å². The van der Waals surface area contributed by atoms with Crippen LogP contribution in [0.25, 0.3) is 11.0 Å². The number of rotatable bonds is 4. The van der Waals surface area contributed by atoms with E-state index in [1.807, 2.05) is 19.9 Å². The van der Waals surface area contributed by atoms with E-state index >= 15 is 0 Å². The lowest BCUT2D eigenvalue weighted by atomic mass is 9.94. The predicted octanol–water partition coefficient (Wildman–Crippen LogP) is 3.24. The van der Waals surface area contributed by atoms with Gasteiger partial charge in [-0.1, -0.05) is 0 Å². The predicted molar refractivity (Wildman–Crippen MR) is 112 cm³/mol. The minimum absolute atomic E-state index is 0.178. The van der Waals surface area contributed by atoms with Crippen molar-refractivity contribution in [3.8, 4) is 5.88 Å². The first-order chi connectivity index (χ1) is 14.8. The second-order valence-electron chi connectivity index (χ2n) is 7.80. The number of urea groups is 1. The molecular formula is C21H24F2N6O2. The molecule has 0 spiro atoms. The van der Waals surface area contributed by atoms with E-state index in [1.165, 1.54) is 7.11 Å². The minimum atomic E-state index is -1.00. The van der Waals surface area contributed by atoms with Crippen LogP contribution in [0.15, 0.2) is 18.2 Å². The van der Waals surface area contributed by atoms with E-state index in [0.717, 1.165) is 29.2 Å². The number of H-pyrrole nitrogens is 1. The smallest absolute Gasteiger partial charge is 0.312 e. The SMILES string of the molecule is COc1nc2cc(F)c(F)cc2nc1C1CC(NC(N)=O)CCN1c1[nH]c(C)cc1C. The molecule has 0 radical (unpaired) electrons. The number of hydrogen-bond acceptors (Lipinski definition) is 5. The van der Waals surface area contributed by atoms with E-state index in [9.17, 15) is 13.6 Å². The van der Waals surface area contributed by atoms with E-state index in [1.54, 1.807) is 0 Å². The van der Waals surface area contributed by atoms with Gasteiger partial charge in [-0.15, -0.1) is 0 Å². The summed E-state index contributed by atoms with van der Waals surface area (Å²) < 4.78 is 33.0. The van der Waals surface area contributed by atoms with Gasteiger partial charge in [0.05, 0.1) is 24.2 Å². The average Bonchev–Trinajstić information content (AvgIpc) is 3.05. The Labute approximate surface area is 177 Å². The summed E-state index contributed by atoms with van der Waals surface area (Å²) in [6, 6.07) is 2.94. The molecular weight excluding hydrogens is 406 g/mol. The van der Waals surface area contributed by atoms with Gasteiger partial charge < -0.3 is 25.7 Å². The molecule has 4 rings (SSSR count). The number of hydrogen-bond donors (Lipinski definition) is 3. The molecule has 3 aromatic rings. The zero-order chi connectivity index (χ0) is 22.3. The Morgan fingerprint density at radius 1 is 1.23 bits per heavy atom. The Kier molecular flexibility index (Phi) is 5.38. The molecule has 2 aromatic heterocycles. The van der Waals surface area contributed by atoms with Crippen LogP contribution in [0.2, 0.25) is 0 Å². The third-order valence-corrected chi connectivity index (χ3v) is 5.57. The van der Waals surface area contributed by atoms with Gasteiger partial charge in [0, 0.05) is 30.4 Å². The van der Waals surface area contributed by atoms with Gasteiger partial charge in [-0.05, 0) is 38.3 Å². The molecule has 1 saturated heterocycles. The highest BCUT2D eigenvalue weighted by atomic mass is 19.2. The number of nitrogens with one attached hydrogen (secondary N) is 2. The number of methoxy groups -OCH3 is 1. The molecule has 4 N–H and O–H groups in total. The van der Waals surface area contributed by atoms with Crippen molar-refractivity contribution < 1.29 is 18.3 Å². The van der Waals surface area contributed by atoms with Crippen molar-refractivity contribution in [3.05, 3.63) is 46.8 Å². The Balaban J connectivity index is 1.84. The molecule has 1 fully saturated rings. The van der Waals surface area contributed by atoms with Crippen molar-refractivity contribution in [2.24, 2.45) is 5.73 Å². The Hall–Kier alpha value is -3.43. The second-order valence-corrected chi connectivity index (χ2v) is 7.80. The molecule has 0 saturated carbocycles. The van der Waals surface area contributed by atoms with Crippen molar-refractivity contribution in [1.29, 1.82) is 0 Å². The highest BCUT2D eigenvalue weighted by molar-refractivity contribution is 5.75. The summed E-state index contributed by atoms with van der Waals surface area (Å²) in [6.45, 7) is 4.59. The first kappa shape index (κ1) is 20.8. The molecule has 3 heterocycles. The lowest BCUT2D eigenvalue weighted by molar-refractivity contribution is 0.240. The van der Waals surface area contributed by atoms with Crippen molar-refractivity contribution in [2.45, 2.75) is 38.8 Å². The Morgan fingerprint density at radius 3 is 2.48 bits per heavy atom. The summed E-state index contributed by atoms with van der Waals surface area (Å²) in [5.41, 5.74) is 8.31. The quantitative estimate of drug-likeness (QED) is 0.589. The number of carbonyl (C=O) groups is 1. The second kappa shape index (κ2) is 8.01. The molecule has 10 heteroatoms. The minimum Gasteiger partial charge on any atom is -0.480 e. The third kappa shape index (κ3) is 3.97. The molecule has 164 valence electrons. The molecule has 1 aliphatic rings.